The first kappa shape index (κ1) is 14.9. The maximum atomic E-state index is 10.8. The van der Waals surface area contributed by atoms with Crippen LogP contribution in [0.1, 0.15) is 31.9 Å². The molecule has 1 unspecified atom stereocenters. The van der Waals surface area contributed by atoms with E-state index in [0.29, 0.717) is 18.5 Å². The first-order valence-electron chi connectivity index (χ1n) is 5.95. The van der Waals surface area contributed by atoms with Gasteiger partial charge in [0.2, 0.25) is 0 Å². The molecule has 0 radical (unpaired) electrons. The van der Waals surface area contributed by atoms with Crippen LogP contribution in [0.25, 0.3) is 0 Å². The van der Waals surface area contributed by atoms with Crippen molar-refractivity contribution in [3.05, 3.63) is 46.0 Å². The predicted molar refractivity (Wildman–Crippen MR) is 76.6 cm³/mol. The molecular weight excluding hydrogens is 294 g/mol. The second-order valence-electron chi connectivity index (χ2n) is 4.07. The van der Waals surface area contributed by atoms with Gasteiger partial charge in [0, 0.05) is 22.6 Å². The molecule has 0 bridgehead atoms. The Balaban J connectivity index is 2.53. The van der Waals surface area contributed by atoms with Gasteiger partial charge >= 0.3 is 5.97 Å². The number of nitrogens with one attached hydrogen (secondary N) is 1. The summed E-state index contributed by atoms with van der Waals surface area (Å²) in [5.74, 6) is -0.837. The topological polar surface area (TPSA) is 49.3 Å². The van der Waals surface area contributed by atoms with Gasteiger partial charge < -0.3 is 10.4 Å². The highest BCUT2D eigenvalue weighted by Crippen LogP contribution is 2.16. The molecule has 0 heterocycles. The Labute approximate surface area is 116 Å². The molecule has 2 N–H and O–H groups in total. The van der Waals surface area contributed by atoms with Crippen molar-refractivity contribution in [3.63, 3.8) is 0 Å². The van der Waals surface area contributed by atoms with Crippen molar-refractivity contribution >= 4 is 21.9 Å². The lowest BCUT2D eigenvalue weighted by Gasteiger charge is -2.13. The van der Waals surface area contributed by atoms with Crippen LogP contribution < -0.4 is 5.32 Å². The lowest BCUT2D eigenvalue weighted by atomic mass is 10.1. The molecule has 1 rings (SSSR count). The summed E-state index contributed by atoms with van der Waals surface area (Å²) in [4.78, 5) is 10.8. The van der Waals surface area contributed by atoms with Gasteiger partial charge in [-0.25, -0.2) is 4.79 Å². The summed E-state index contributed by atoms with van der Waals surface area (Å²) in [6, 6.07) is 8.28. The molecule has 3 nitrogen and oxygen atoms in total. The van der Waals surface area contributed by atoms with Crippen LogP contribution in [-0.4, -0.2) is 17.6 Å². The zero-order chi connectivity index (χ0) is 13.5. The van der Waals surface area contributed by atoms with E-state index in [2.05, 4.69) is 28.2 Å². The Morgan fingerprint density at radius 1 is 1.44 bits per heavy atom. The number of rotatable bonds is 6. The number of hydrogen-bond acceptors (Lipinski definition) is 2. The molecule has 4 heteroatoms. The summed E-state index contributed by atoms with van der Waals surface area (Å²) in [6.07, 6.45) is 2.28. The lowest BCUT2D eigenvalue weighted by molar-refractivity contribution is -0.132. The fourth-order valence-electron chi connectivity index (χ4n) is 1.61. The molecule has 18 heavy (non-hydrogen) atoms. The van der Waals surface area contributed by atoms with Crippen LogP contribution in [0.4, 0.5) is 0 Å². The van der Waals surface area contributed by atoms with E-state index >= 15 is 0 Å². The van der Waals surface area contributed by atoms with Gasteiger partial charge in [-0.1, -0.05) is 41.1 Å². The van der Waals surface area contributed by atoms with Gasteiger partial charge in [0.05, 0.1) is 0 Å². The van der Waals surface area contributed by atoms with E-state index in [0.717, 1.165) is 4.47 Å². The molecule has 1 aromatic rings. The van der Waals surface area contributed by atoms with E-state index in [4.69, 9.17) is 5.11 Å². The molecular formula is C14H18BrNO2. The maximum Gasteiger partial charge on any atom is 0.331 e. The Kier molecular flexibility index (Phi) is 6.09. The van der Waals surface area contributed by atoms with E-state index < -0.39 is 5.97 Å². The Morgan fingerprint density at radius 2 is 2.06 bits per heavy atom. The van der Waals surface area contributed by atoms with E-state index in [1.54, 1.807) is 6.08 Å². The smallest absolute Gasteiger partial charge is 0.331 e. The van der Waals surface area contributed by atoms with Crippen molar-refractivity contribution in [1.29, 1.82) is 0 Å². The van der Waals surface area contributed by atoms with Crippen LogP contribution in [-0.2, 0) is 4.79 Å². The fraction of sp³-hybridized carbons (Fsp3) is 0.357. The van der Waals surface area contributed by atoms with Crippen molar-refractivity contribution in [2.24, 2.45) is 0 Å². The molecule has 0 fully saturated rings. The molecule has 0 aliphatic rings. The highest BCUT2D eigenvalue weighted by atomic mass is 79.9. The number of aliphatic carboxylic acids is 1. The molecule has 1 aromatic carbocycles. The third-order valence-electron chi connectivity index (χ3n) is 2.80. The average Bonchev–Trinajstić information content (AvgIpc) is 2.34. The van der Waals surface area contributed by atoms with Crippen LogP contribution in [0.2, 0.25) is 0 Å². The van der Waals surface area contributed by atoms with E-state index in [1.807, 2.05) is 31.2 Å². The minimum Gasteiger partial charge on any atom is -0.478 e. The highest BCUT2D eigenvalue weighted by molar-refractivity contribution is 9.10. The third kappa shape index (κ3) is 4.63. The van der Waals surface area contributed by atoms with Crippen LogP contribution in [0.15, 0.2) is 40.4 Å². The highest BCUT2D eigenvalue weighted by Gasteiger charge is 2.05. The van der Waals surface area contributed by atoms with Crippen molar-refractivity contribution in [2.45, 2.75) is 26.3 Å². The molecule has 0 spiro atoms. The molecule has 0 aliphatic carbocycles. The monoisotopic (exact) mass is 311 g/mol. The minimum atomic E-state index is -0.837. The van der Waals surface area contributed by atoms with Crippen LogP contribution in [0, 0.1) is 0 Å². The molecule has 98 valence electrons. The van der Waals surface area contributed by atoms with Crippen LogP contribution >= 0.6 is 15.9 Å². The Morgan fingerprint density at radius 3 is 2.56 bits per heavy atom. The first-order valence-corrected chi connectivity index (χ1v) is 6.75. The number of halogens is 1. The van der Waals surface area contributed by atoms with Crippen molar-refractivity contribution in [1.82, 2.24) is 5.32 Å². The van der Waals surface area contributed by atoms with Crippen LogP contribution in [0.3, 0.4) is 0 Å². The lowest BCUT2D eigenvalue weighted by Crippen LogP contribution is -2.19. The SMILES string of the molecule is CC/C(=C/CNC(C)c1ccc(Br)cc1)C(=O)O. The zero-order valence-corrected chi connectivity index (χ0v) is 12.2. The molecule has 0 aliphatic heterocycles. The number of carboxylic acid groups (broad SMARTS) is 1. The number of carbonyl (C=O) groups is 1. The molecule has 0 amide bonds. The summed E-state index contributed by atoms with van der Waals surface area (Å²) in [7, 11) is 0. The fourth-order valence-corrected chi connectivity index (χ4v) is 1.88. The van der Waals surface area contributed by atoms with Gasteiger partial charge in [-0.15, -0.1) is 0 Å². The maximum absolute atomic E-state index is 10.8. The number of hydrogen-bond donors (Lipinski definition) is 2. The van der Waals surface area contributed by atoms with E-state index in [-0.39, 0.29) is 6.04 Å². The predicted octanol–water partition coefficient (Wildman–Crippen LogP) is 3.52. The van der Waals surface area contributed by atoms with Gasteiger partial charge in [0.15, 0.2) is 0 Å². The van der Waals surface area contributed by atoms with Crippen LogP contribution in [0.5, 0.6) is 0 Å². The van der Waals surface area contributed by atoms with Crippen molar-refractivity contribution in [3.8, 4) is 0 Å². The summed E-state index contributed by atoms with van der Waals surface area (Å²) in [5.41, 5.74) is 1.63. The summed E-state index contributed by atoms with van der Waals surface area (Å²) in [5, 5.41) is 12.2. The summed E-state index contributed by atoms with van der Waals surface area (Å²) >= 11 is 3.40. The third-order valence-corrected chi connectivity index (χ3v) is 3.33. The van der Waals surface area contributed by atoms with E-state index in [1.165, 1.54) is 5.56 Å². The molecule has 0 saturated heterocycles. The zero-order valence-electron chi connectivity index (χ0n) is 10.6. The first-order chi connectivity index (χ1) is 8.54. The number of benzene rings is 1. The second kappa shape index (κ2) is 7.34. The van der Waals surface area contributed by atoms with Gasteiger partial charge in [0.1, 0.15) is 0 Å². The van der Waals surface area contributed by atoms with Gasteiger partial charge in [-0.05, 0) is 31.0 Å². The van der Waals surface area contributed by atoms with Gasteiger partial charge in [0.25, 0.3) is 0 Å². The minimum absolute atomic E-state index is 0.196. The molecule has 0 saturated carbocycles. The average molecular weight is 312 g/mol. The van der Waals surface area contributed by atoms with Gasteiger partial charge in [-0.3, -0.25) is 0 Å². The molecule has 0 aromatic heterocycles. The second-order valence-corrected chi connectivity index (χ2v) is 4.99. The number of carboxylic acids is 1. The quantitative estimate of drug-likeness (QED) is 0.790. The summed E-state index contributed by atoms with van der Waals surface area (Å²) in [6.45, 7) is 4.47. The largest absolute Gasteiger partial charge is 0.478 e. The van der Waals surface area contributed by atoms with Crippen molar-refractivity contribution in [2.75, 3.05) is 6.54 Å². The normalized spacial score (nSPS) is 13.4. The molecule has 1 atom stereocenters. The summed E-state index contributed by atoms with van der Waals surface area (Å²) < 4.78 is 1.05. The standard InChI is InChI=1S/C14H18BrNO2/c1-3-11(14(17)18)8-9-16-10(2)12-4-6-13(15)7-5-12/h4-8,10,16H,3,9H2,1-2H3,(H,17,18)/b11-8-. The van der Waals surface area contributed by atoms with E-state index in [9.17, 15) is 4.79 Å². The van der Waals surface area contributed by atoms with Gasteiger partial charge in [-0.2, -0.15) is 0 Å². The van der Waals surface area contributed by atoms with Crippen molar-refractivity contribution < 1.29 is 9.90 Å². The Hall–Kier alpha value is -1.13. The Bertz CT molecular complexity index is 426.